The molecule has 1 atom stereocenters. The second-order valence-corrected chi connectivity index (χ2v) is 3.53. The maximum absolute atomic E-state index is 11.3. The summed E-state index contributed by atoms with van der Waals surface area (Å²) in [4.78, 5) is 22.5. The highest BCUT2D eigenvalue weighted by Gasteiger charge is 2.13. The number of ketones is 1. The van der Waals surface area contributed by atoms with Gasteiger partial charge in [0.05, 0.1) is 6.04 Å². The van der Waals surface area contributed by atoms with Crippen LogP contribution >= 0.6 is 0 Å². The molecule has 1 amide bonds. The number of nitrogens with one attached hydrogen (secondary N) is 1. The fourth-order valence-electron chi connectivity index (χ4n) is 1.19. The standard InChI is InChI=1S/C13H15NO3/c1-3-12(15)10(2)14-13(16)17-9-11-7-5-4-6-8-11/h3-8,10H,1,9H2,2H3,(H,14,16)/t10-/m1/s1. The Hall–Kier alpha value is -2.10. The number of hydrogen-bond donors (Lipinski definition) is 1. The van der Waals surface area contributed by atoms with Crippen LogP contribution in [-0.4, -0.2) is 17.9 Å². The van der Waals surface area contributed by atoms with Gasteiger partial charge in [-0.05, 0) is 18.6 Å². The number of amides is 1. The first-order valence-corrected chi connectivity index (χ1v) is 5.27. The third-order valence-electron chi connectivity index (χ3n) is 2.18. The molecule has 0 saturated carbocycles. The molecule has 0 fully saturated rings. The van der Waals surface area contributed by atoms with E-state index in [9.17, 15) is 9.59 Å². The summed E-state index contributed by atoms with van der Waals surface area (Å²) in [6.45, 7) is 5.10. The lowest BCUT2D eigenvalue weighted by Crippen LogP contribution is -2.37. The van der Waals surface area contributed by atoms with Crippen LogP contribution in [0.2, 0.25) is 0 Å². The van der Waals surface area contributed by atoms with Crippen molar-refractivity contribution in [2.75, 3.05) is 0 Å². The Bertz CT molecular complexity index is 400. The van der Waals surface area contributed by atoms with E-state index in [2.05, 4.69) is 11.9 Å². The number of alkyl carbamates (subject to hydrolysis) is 1. The van der Waals surface area contributed by atoms with Gasteiger partial charge in [-0.1, -0.05) is 36.9 Å². The first-order valence-electron chi connectivity index (χ1n) is 5.27. The van der Waals surface area contributed by atoms with Crippen LogP contribution in [0.15, 0.2) is 43.0 Å². The Labute approximate surface area is 100 Å². The molecule has 0 spiro atoms. The zero-order chi connectivity index (χ0) is 12.7. The van der Waals surface area contributed by atoms with Crippen molar-refractivity contribution in [3.63, 3.8) is 0 Å². The lowest BCUT2D eigenvalue weighted by molar-refractivity contribution is -0.116. The van der Waals surface area contributed by atoms with Crippen LogP contribution < -0.4 is 5.32 Å². The van der Waals surface area contributed by atoms with Crippen molar-refractivity contribution in [1.82, 2.24) is 5.32 Å². The molecule has 1 rings (SSSR count). The van der Waals surface area contributed by atoms with Gasteiger partial charge >= 0.3 is 6.09 Å². The summed E-state index contributed by atoms with van der Waals surface area (Å²) in [5.74, 6) is -0.248. The smallest absolute Gasteiger partial charge is 0.408 e. The fraction of sp³-hybridized carbons (Fsp3) is 0.231. The van der Waals surface area contributed by atoms with Crippen molar-refractivity contribution in [2.24, 2.45) is 0 Å². The van der Waals surface area contributed by atoms with Gasteiger partial charge in [0, 0.05) is 0 Å². The monoisotopic (exact) mass is 233 g/mol. The van der Waals surface area contributed by atoms with E-state index in [0.717, 1.165) is 5.56 Å². The lowest BCUT2D eigenvalue weighted by atomic mass is 10.2. The van der Waals surface area contributed by atoms with Crippen molar-refractivity contribution in [3.05, 3.63) is 48.6 Å². The normalized spacial score (nSPS) is 11.4. The van der Waals surface area contributed by atoms with Crippen molar-refractivity contribution in [1.29, 1.82) is 0 Å². The Balaban J connectivity index is 2.36. The minimum Gasteiger partial charge on any atom is -0.445 e. The molecular weight excluding hydrogens is 218 g/mol. The van der Waals surface area contributed by atoms with Gasteiger partial charge in [-0.3, -0.25) is 4.79 Å². The van der Waals surface area contributed by atoms with Crippen molar-refractivity contribution < 1.29 is 14.3 Å². The Morgan fingerprint density at radius 3 is 2.65 bits per heavy atom. The Morgan fingerprint density at radius 2 is 2.06 bits per heavy atom. The first kappa shape index (κ1) is 13.0. The maximum atomic E-state index is 11.3. The summed E-state index contributed by atoms with van der Waals surface area (Å²) in [6.07, 6.45) is 0.554. The molecule has 1 aromatic rings. The van der Waals surface area contributed by atoms with Crippen LogP contribution in [0.1, 0.15) is 12.5 Å². The molecule has 0 aliphatic rings. The van der Waals surface area contributed by atoms with E-state index in [-0.39, 0.29) is 12.4 Å². The Morgan fingerprint density at radius 1 is 1.41 bits per heavy atom. The SMILES string of the molecule is C=CC(=O)[C@@H](C)NC(=O)OCc1ccccc1. The summed E-state index contributed by atoms with van der Waals surface area (Å²) < 4.78 is 4.96. The van der Waals surface area contributed by atoms with Crippen LogP contribution in [0.25, 0.3) is 0 Å². The highest BCUT2D eigenvalue weighted by Crippen LogP contribution is 2.00. The van der Waals surface area contributed by atoms with Crippen molar-refractivity contribution >= 4 is 11.9 Å². The van der Waals surface area contributed by atoms with E-state index >= 15 is 0 Å². The molecule has 17 heavy (non-hydrogen) atoms. The highest BCUT2D eigenvalue weighted by molar-refractivity contribution is 5.95. The van der Waals surface area contributed by atoms with E-state index in [1.54, 1.807) is 6.92 Å². The average molecular weight is 233 g/mol. The van der Waals surface area contributed by atoms with E-state index in [4.69, 9.17) is 4.74 Å². The van der Waals surface area contributed by atoms with E-state index in [1.807, 2.05) is 30.3 Å². The highest BCUT2D eigenvalue weighted by atomic mass is 16.5. The van der Waals surface area contributed by atoms with Crippen molar-refractivity contribution in [2.45, 2.75) is 19.6 Å². The zero-order valence-corrected chi connectivity index (χ0v) is 9.68. The van der Waals surface area contributed by atoms with Gasteiger partial charge in [0.1, 0.15) is 6.61 Å². The molecule has 0 aromatic heterocycles. The number of carbonyl (C=O) groups is 2. The van der Waals surface area contributed by atoms with Crippen LogP contribution in [-0.2, 0) is 16.1 Å². The molecule has 0 heterocycles. The van der Waals surface area contributed by atoms with Gasteiger partial charge in [0.15, 0.2) is 5.78 Å². The largest absolute Gasteiger partial charge is 0.445 e. The van der Waals surface area contributed by atoms with Gasteiger partial charge in [0.2, 0.25) is 0 Å². The van der Waals surface area contributed by atoms with Gasteiger partial charge in [0.25, 0.3) is 0 Å². The van der Waals surface area contributed by atoms with Gasteiger partial charge < -0.3 is 10.1 Å². The molecule has 4 heteroatoms. The number of ether oxygens (including phenoxy) is 1. The average Bonchev–Trinajstić information content (AvgIpc) is 2.36. The fourth-order valence-corrected chi connectivity index (χ4v) is 1.19. The molecule has 1 aromatic carbocycles. The van der Waals surface area contributed by atoms with E-state index < -0.39 is 12.1 Å². The molecule has 4 nitrogen and oxygen atoms in total. The zero-order valence-electron chi connectivity index (χ0n) is 9.68. The molecule has 0 radical (unpaired) electrons. The van der Waals surface area contributed by atoms with Gasteiger partial charge in [-0.2, -0.15) is 0 Å². The second kappa shape index (κ2) is 6.48. The number of rotatable bonds is 5. The van der Waals surface area contributed by atoms with Crippen LogP contribution in [0.3, 0.4) is 0 Å². The molecule has 90 valence electrons. The van der Waals surface area contributed by atoms with Crippen LogP contribution in [0.5, 0.6) is 0 Å². The summed E-state index contributed by atoms with van der Waals surface area (Å²) in [5, 5.41) is 2.42. The topological polar surface area (TPSA) is 55.4 Å². The number of carbonyl (C=O) groups excluding carboxylic acids is 2. The summed E-state index contributed by atoms with van der Waals surface area (Å²) >= 11 is 0. The third-order valence-corrected chi connectivity index (χ3v) is 2.18. The minimum atomic E-state index is -0.615. The number of benzene rings is 1. The molecule has 0 bridgehead atoms. The van der Waals surface area contributed by atoms with Gasteiger partial charge in [-0.25, -0.2) is 4.79 Å². The third kappa shape index (κ3) is 4.51. The molecule has 0 aliphatic heterocycles. The van der Waals surface area contributed by atoms with Crippen molar-refractivity contribution in [3.8, 4) is 0 Å². The lowest BCUT2D eigenvalue weighted by Gasteiger charge is -2.11. The van der Waals surface area contributed by atoms with Crippen LogP contribution in [0.4, 0.5) is 4.79 Å². The molecular formula is C13H15NO3. The van der Waals surface area contributed by atoms with E-state index in [0.29, 0.717) is 0 Å². The quantitative estimate of drug-likeness (QED) is 0.792. The molecule has 1 N–H and O–H groups in total. The summed E-state index contributed by atoms with van der Waals surface area (Å²) in [6, 6.07) is 8.70. The van der Waals surface area contributed by atoms with Gasteiger partial charge in [-0.15, -0.1) is 0 Å². The summed E-state index contributed by atoms with van der Waals surface area (Å²) in [5.41, 5.74) is 0.894. The molecule has 0 saturated heterocycles. The summed E-state index contributed by atoms with van der Waals surface area (Å²) in [7, 11) is 0. The maximum Gasteiger partial charge on any atom is 0.408 e. The Kier molecular flexibility index (Phi) is 4.94. The van der Waals surface area contributed by atoms with E-state index in [1.165, 1.54) is 6.08 Å². The predicted molar refractivity (Wildman–Crippen MR) is 64.4 cm³/mol. The second-order valence-electron chi connectivity index (χ2n) is 3.53. The minimum absolute atomic E-state index is 0.182. The first-order chi connectivity index (χ1) is 8.13. The molecule has 0 unspecified atom stereocenters. The predicted octanol–water partition coefficient (Wildman–Crippen LogP) is 2.06. The molecule has 0 aliphatic carbocycles. The van der Waals surface area contributed by atoms with Crippen LogP contribution in [0, 0.1) is 0 Å². The number of hydrogen-bond acceptors (Lipinski definition) is 3.